The number of nitrogens with one attached hydrogen (secondary N) is 1. The standard InChI is InChI=1S/C12H13N3OS/c1-9(16)14-6-4-12-15-11(8-17-12)10-3-2-5-13-7-10/h2-3,5,7-8H,4,6H2,1H3,(H,14,16). The number of carbonyl (C=O) groups is 1. The third kappa shape index (κ3) is 3.35. The highest BCUT2D eigenvalue weighted by molar-refractivity contribution is 7.09. The van der Waals surface area contributed by atoms with E-state index in [4.69, 9.17) is 0 Å². The molecule has 2 aromatic heterocycles. The lowest BCUT2D eigenvalue weighted by Crippen LogP contribution is -2.22. The van der Waals surface area contributed by atoms with Crippen LogP contribution in [0.2, 0.25) is 0 Å². The first-order valence-corrected chi connectivity index (χ1v) is 6.23. The van der Waals surface area contributed by atoms with Crippen molar-refractivity contribution in [3.05, 3.63) is 34.9 Å². The summed E-state index contributed by atoms with van der Waals surface area (Å²) < 4.78 is 0. The summed E-state index contributed by atoms with van der Waals surface area (Å²) in [6, 6.07) is 3.88. The highest BCUT2D eigenvalue weighted by Crippen LogP contribution is 2.20. The summed E-state index contributed by atoms with van der Waals surface area (Å²) >= 11 is 1.61. The molecule has 0 saturated heterocycles. The van der Waals surface area contributed by atoms with Gasteiger partial charge in [-0.3, -0.25) is 9.78 Å². The smallest absolute Gasteiger partial charge is 0.216 e. The van der Waals surface area contributed by atoms with Crippen molar-refractivity contribution in [2.75, 3.05) is 6.54 Å². The van der Waals surface area contributed by atoms with Gasteiger partial charge in [-0.15, -0.1) is 11.3 Å². The van der Waals surface area contributed by atoms with Gasteiger partial charge in [-0.2, -0.15) is 0 Å². The summed E-state index contributed by atoms with van der Waals surface area (Å²) in [6.45, 7) is 2.15. The van der Waals surface area contributed by atoms with Crippen molar-refractivity contribution in [2.24, 2.45) is 0 Å². The normalized spacial score (nSPS) is 10.2. The molecule has 0 aliphatic rings. The first kappa shape index (κ1) is 11.7. The average Bonchev–Trinajstić information content (AvgIpc) is 2.78. The predicted octanol–water partition coefficient (Wildman–Crippen LogP) is 1.88. The van der Waals surface area contributed by atoms with E-state index in [9.17, 15) is 4.79 Å². The first-order valence-electron chi connectivity index (χ1n) is 5.35. The number of carbonyl (C=O) groups excluding carboxylic acids is 1. The molecule has 0 spiro atoms. The van der Waals surface area contributed by atoms with Crippen LogP contribution in [0.1, 0.15) is 11.9 Å². The van der Waals surface area contributed by atoms with Crippen molar-refractivity contribution in [3.63, 3.8) is 0 Å². The number of pyridine rings is 1. The minimum atomic E-state index is -0.00552. The molecule has 2 heterocycles. The van der Waals surface area contributed by atoms with E-state index >= 15 is 0 Å². The number of aromatic nitrogens is 2. The zero-order valence-electron chi connectivity index (χ0n) is 9.51. The van der Waals surface area contributed by atoms with Crippen molar-refractivity contribution in [1.29, 1.82) is 0 Å². The fraction of sp³-hybridized carbons (Fsp3) is 0.250. The Kier molecular flexibility index (Phi) is 3.82. The highest BCUT2D eigenvalue weighted by atomic mass is 32.1. The van der Waals surface area contributed by atoms with Gasteiger partial charge in [-0.1, -0.05) is 0 Å². The molecule has 0 aliphatic heterocycles. The molecule has 1 N–H and O–H groups in total. The Hall–Kier alpha value is -1.75. The van der Waals surface area contributed by atoms with Gasteiger partial charge in [0.1, 0.15) is 0 Å². The molecule has 0 saturated carbocycles. The molecule has 1 amide bonds. The zero-order chi connectivity index (χ0) is 12.1. The summed E-state index contributed by atoms with van der Waals surface area (Å²) in [5.74, 6) is -0.00552. The Labute approximate surface area is 104 Å². The number of hydrogen-bond acceptors (Lipinski definition) is 4. The van der Waals surface area contributed by atoms with Gasteiger partial charge in [0.05, 0.1) is 10.7 Å². The Morgan fingerprint density at radius 3 is 3.12 bits per heavy atom. The minimum Gasteiger partial charge on any atom is -0.356 e. The van der Waals surface area contributed by atoms with Crippen LogP contribution in [0.15, 0.2) is 29.9 Å². The van der Waals surface area contributed by atoms with Crippen LogP contribution in [-0.4, -0.2) is 22.4 Å². The highest BCUT2D eigenvalue weighted by Gasteiger charge is 2.04. The molecule has 0 bridgehead atoms. The lowest BCUT2D eigenvalue weighted by Gasteiger charge is -1.98. The second-order valence-corrected chi connectivity index (χ2v) is 4.54. The fourth-order valence-electron chi connectivity index (χ4n) is 1.42. The molecule has 0 fully saturated rings. The number of hydrogen-bond donors (Lipinski definition) is 1. The van der Waals surface area contributed by atoms with Gasteiger partial charge in [0, 0.05) is 43.2 Å². The van der Waals surface area contributed by atoms with Gasteiger partial charge in [0.25, 0.3) is 0 Å². The maximum Gasteiger partial charge on any atom is 0.216 e. The molecule has 2 aromatic rings. The van der Waals surface area contributed by atoms with Crippen LogP contribution in [0.5, 0.6) is 0 Å². The van der Waals surface area contributed by atoms with Crippen molar-refractivity contribution in [1.82, 2.24) is 15.3 Å². The lowest BCUT2D eigenvalue weighted by atomic mass is 10.2. The molecule has 0 aliphatic carbocycles. The topological polar surface area (TPSA) is 54.9 Å². The van der Waals surface area contributed by atoms with Crippen LogP contribution in [0.3, 0.4) is 0 Å². The van der Waals surface area contributed by atoms with Crippen LogP contribution in [0.4, 0.5) is 0 Å². The number of nitrogens with zero attached hydrogens (tertiary/aromatic N) is 2. The number of amides is 1. The third-order valence-electron chi connectivity index (χ3n) is 2.22. The lowest BCUT2D eigenvalue weighted by molar-refractivity contribution is -0.118. The Morgan fingerprint density at radius 2 is 2.41 bits per heavy atom. The minimum absolute atomic E-state index is 0.00552. The van der Waals surface area contributed by atoms with E-state index in [-0.39, 0.29) is 5.91 Å². The summed E-state index contributed by atoms with van der Waals surface area (Å²) in [6.07, 6.45) is 4.31. The molecule has 2 rings (SSSR count). The monoisotopic (exact) mass is 247 g/mol. The molecular formula is C12H13N3OS. The number of thiazole rings is 1. The largest absolute Gasteiger partial charge is 0.356 e. The maximum atomic E-state index is 10.7. The van der Waals surface area contributed by atoms with E-state index in [1.807, 2.05) is 17.5 Å². The van der Waals surface area contributed by atoms with E-state index in [0.29, 0.717) is 6.54 Å². The SMILES string of the molecule is CC(=O)NCCc1nc(-c2cccnc2)cs1. The van der Waals surface area contributed by atoms with E-state index < -0.39 is 0 Å². The van der Waals surface area contributed by atoms with Gasteiger partial charge in [-0.05, 0) is 12.1 Å². The van der Waals surface area contributed by atoms with Crippen LogP contribution in [0.25, 0.3) is 11.3 Å². The molecule has 88 valence electrons. The summed E-state index contributed by atoms with van der Waals surface area (Å²) in [5, 5.41) is 5.80. The van der Waals surface area contributed by atoms with Gasteiger partial charge in [0.15, 0.2) is 0 Å². The van der Waals surface area contributed by atoms with Crippen molar-refractivity contribution in [2.45, 2.75) is 13.3 Å². The second kappa shape index (κ2) is 5.54. The second-order valence-electron chi connectivity index (χ2n) is 3.60. The van der Waals surface area contributed by atoms with Crippen molar-refractivity contribution in [3.8, 4) is 11.3 Å². The van der Waals surface area contributed by atoms with Crippen molar-refractivity contribution >= 4 is 17.2 Å². The fourth-order valence-corrected chi connectivity index (χ4v) is 2.23. The Bertz CT molecular complexity index is 495. The van der Waals surface area contributed by atoms with Crippen LogP contribution in [-0.2, 0) is 11.2 Å². The third-order valence-corrected chi connectivity index (χ3v) is 3.13. The molecule has 0 atom stereocenters. The molecule has 4 nitrogen and oxygen atoms in total. The Morgan fingerprint density at radius 1 is 1.53 bits per heavy atom. The predicted molar refractivity (Wildman–Crippen MR) is 67.7 cm³/mol. The molecule has 0 unspecified atom stereocenters. The Balaban J connectivity index is 1.99. The van der Waals surface area contributed by atoms with Gasteiger partial charge in [-0.25, -0.2) is 4.98 Å². The summed E-state index contributed by atoms with van der Waals surface area (Å²) in [5.41, 5.74) is 1.97. The summed E-state index contributed by atoms with van der Waals surface area (Å²) in [4.78, 5) is 19.3. The quantitative estimate of drug-likeness (QED) is 0.897. The van der Waals surface area contributed by atoms with Crippen LogP contribution >= 0.6 is 11.3 Å². The van der Waals surface area contributed by atoms with E-state index in [1.54, 1.807) is 23.7 Å². The van der Waals surface area contributed by atoms with E-state index in [2.05, 4.69) is 15.3 Å². The maximum absolute atomic E-state index is 10.7. The summed E-state index contributed by atoms with van der Waals surface area (Å²) in [7, 11) is 0. The zero-order valence-corrected chi connectivity index (χ0v) is 10.3. The van der Waals surface area contributed by atoms with Crippen LogP contribution < -0.4 is 5.32 Å². The molecule has 0 aromatic carbocycles. The van der Waals surface area contributed by atoms with Gasteiger partial charge >= 0.3 is 0 Å². The van der Waals surface area contributed by atoms with E-state index in [0.717, 1.165) is 22.7 Å². The molecule has 17 heavy (non-hydrogen) atoms. The molecular weight excluding hydrogens is 234 g/mol. The molecule has 0 radical (unpaired) electrons. The number of rotatable bonds is 4. The van der Waals surface area contributed by atoms with Gasteiger partial charge < -0.3 is 5.32 Å². The van der Waals surface area contributed by atoms with Gasteiger partial charge in [0.2, 0.25) is 5.91 Å². The van der Waals surface area contributed by atoms with Crippen LogP contribution in [0, 0.1) is 0 Å². The van der Waals surface area contributed by atoms with Crippen molar-refractivity contribution < 1.29 is 4.79 Å². The molecule has 5 heteroatoms. The average molecular weight is 247 g/mol. The van der Waals surface area contributed by atoms with E-state index in [1.165, 1.54) is 6.92 Å². The first-order chi connectivity index (χ1) is 8.25.